The van der Waals surface area contributed by atoms with Crippen molar-refractivity contribution < 1.29 is 3.44 Å². The first-order chi connectivity index (χ1) is 18.9. The second-order valence-electron chi connectivity index (χ2n) is 9.44. The molecule has 1 heterocycles. The summed E-state index contributed by atoms with van der Waals surface area (Å²) in [6.45, 7) is 7.94. The monoisotopic (exact) mass is 622 g/mol. The molecule has 4 aromatic carbocycles. The van der Waals surface area contributed by atoms with Gasteiger partial charge in [-0.15, -0.1) is 5.10 Å². The molecule has 39 heavy (non-hydrogen) atoms. The first-order valence-corrected chi connectivity index (χ1v) is 18.5. The molecule has 0 amide bonds. The van der Waals surface area contributed by atoms with E-state index in [2.05, 4.69) is 69.6 Å². The molecule has 0 atom stereocenters. The fourth-order valence-corrected chi connectivity index (χ4v) is 13.1. The molecule has 0 bridgehead atoms. The van der Waals surface area contributed by atoms with Gasteiger partial charge in [-0.2, -0.15) is 5.10 Å². The molecule has 6 heteroatoms. The number of H-pyrrole nitrogens is 1. The van der Waals surface area contributed by atoms with E-state index in [4.69, 9.17) is 0 Å². The van der Waals surface area contributed by atoms with Crippen LogP contribution in [0.3, 0.4) is 0 Å². The topological polar surface area (TPSA) is 73.6 Å². The number of aryl methyl sites for hydroxylation is 3. The molecule has 0 aliphatic rings. The number of rotatable bonds is 5. The summed E-state index contributed by atoms with van der Waals surface area (Å²) >= 11 is -3.78. The first-order valence-electron chi connectivity index (χ1n) is 13.0. The van der Waals surface area contributed by atoms with Gasteiger partial charge in [-0.1, -0.05) is 24.3 Å². The predicted octanol–water partition coefficient (Wildman–Crippen LogP) is 4.31. The molecular formula is C33H34N4OSn. The molecule has 0 saturated carbocycles. The Labute approximate surface area is 235 Å². The van der Waals surface area contributed by atoms with Crippen LogP contribution in [0.4, 0.5) is 0 Å². The van der Waals surface area contributed by atoms with E-state index in [9.17, 15) is 3.44 Å². The van der Waals surface area contributed by atoms with Gasteiger partial charge in [0.1, 0.15) is 0 Å². The summed E-state index contributed by atoms with van der Waals surface area (Å²) in [6.07, 6.45) is 0. The van der Waals surface area contributed by atoms with E-state index in [1.54, 1.807) is 0 Å². The number of hydrogen-bond donors (Lipinski definition) is 2. The standard InChI is InChI=1S/C15H18N4.3C6H5.H2O.Sn/c1-10-7-5-6-8-14(10)13(4)18-19-15-16-11(2)9-12(3)17-15;3*1-2-4-6-5-3-1;;/h5-9H,1-4H3,(H,16,17,19);3*1-5H;1H2;/q;;;;;+1/p-1/b18-13-;;;;;. The average Bonchev–Trinajstić information content (AvgIpc) is 2.97. The van der Waals surface area contributed by atoms with Crippen LogP contribution in [0.25, 0.3) is 0 Å². The van der Waals surface area contributed by atoms with Gasteiger partial charge in [0.05, 0.1) is 5.71 Å². The van der Waals surface area contributed by atoms with Gasteiger partial charge in [-0.3, -0.25) is 0 Å². The fourth-order valence-electron chi connectivity index (χ4n) is 4.49. The van der Waals surface area contributed by atoms with Crippen molar-refractivity contribution in [2.24, 2.45) is 10.2 Å². The minimum absolute atomic E-state index is 0.533. The molecule has 0 fully saturated rings. The molecule has 5 aromatic rings. The van der Waals surface area contributed by atoms with Crippen molar-refractivity contribution in [3.05, 3.63) is 149 Å². The Hall–Kier alpha value is -3.81. The molecule has 5 rings (SSSR count). The van der Waals surface area contributed by atoms with E-state index in [1.807, 2.05) is 99.6 Å². The van der Waals surface area contributed by atoms with Crippen LogP contribution in [-0.4, -0.2) is 37.9 Å². The summed E-state index contributed by atoms with van der Waals surface area (Å²) < 4.78 is 14.9. The number of aromatic nitrogens is 2. The Kier molecular flexibility index (Phi) is 9.63. The Morgan fingerprint density at radius 3 is 1.62 bits per heavy atom. The summed E-state index contributed by atoms with van der Waals surface area (Å²) in [7, 11) is 0. The van der Waals surface area contributed by atoms with Crippen LogP contribution >= 0.6 is 0 Å². The van der Waals surface area contributed by atoms with E-state index in [1.165, 1.54) is 5.56 Å². The van der Waals surface area contributed by atoms with Gasteiger partial charge >= 0.3 is 124 Å². The van der Waals surface area contributed by atoms with Crippen LogP contribution in [0.2, 0.25) is 0 Å². The number of aromatic amines is 1. The predicted molar refractivity (Wildman–Crippen MR) is 163 cm³/mol. The van der Waals surface area contributed by atoms with Gasteiger partial charge < -0.3 is 4.98 Å². The Bertz CT molecular complexity index is 1480. The molecule has 0 radical (unpaired) electrons. The van der Waals surface area contributed by atoms with Crippen molar-refractivity contribution in [2.45, 2.75) is 27.7 Å². The second kappa shape index (κ2) is 13.3. The summed E-state index contributed by atoms with van der Waals surface area (Å²) in [5.41, 5.74) is 5.67. The normalized spacial score (nSPS) is 12.0. The molecule has 0 aliphatic heterocycles. The van der Waals surface area contributed by atoms with Crippen molar-refractivity contribution >= 4 is 35.2 Å². The first kappa shape index (κ1) is 28.2. The summed E-state index contributed by atoms with van der Waals surface area (Å²) in [6, 6.07) is 40.4. The maximum atomic E-state index is 11.6. The number of nitrogens with zero attached hydrogens (tertiary/aromatic N) is 3. The second-order valence-corrected chi connectivity index (χ2v) is 18.4. The van der Waals surface area contributed by atoms with Crippen molar-refractivity contribution in [3.63, 3.8) is 0 Å². The molecule has 0 spiro atoms. The van der Waals surface area contributed by atoms with Gasteiger partial charge in [0.2, 0.25) is 5.62 Å². The molecule has 0 saturated heterocycles. The third-order valence-electron chi connectivity index (χ3n) is 6.42. The fraction of sp³-hybridized carbons (Fsp3) is 0.121. The van der Waals surface area contributed by atoms with Crippen molar-refractivity contribution in [1.29, 1.82) is 0 Å². The van der Waals surface area contributed by atoms with Gasteiger partial charge in [-0.25, -0.2) is 4.98 Å². The molecule has 1 aromatic heterocycles. The van der Waals surface area contributed by atoms with Gasteiger partial charge in [0.15, 0.2) is 0 Å². The van der Waals surface area contributed by atoms with Crippen LogP contribution in [0.5, 0.6) is 0 Å². The van der Waals surface area contributed by atoms with Crippen LogP contribution < -0.4 is 16.4 Å². The summed E-state index contributed by atoms with van der Waals surface area (Å²) in [5.74, 6) is 0. The van der Waals surface area contributed by atoms with E-state index in [0.29, 0.717) is 5.62 Å². The molecule has 2 N–H and O–H groups in total. The molecule has 0 aliphatic carbocycles. The SMILES string of the molecule is C/C(=N/N=c1\nc(C)cc(C)[nH]1)c1ccccc1C.[OH][Sn]([c]1ccccc1)([c]1ccccc1)[c]1ccccc1. The van der Waals surface area contributed by atoms with E-state index >= 15 is 0 Å². The third-order valence-corrected chi connectivity index (χ3v) is 16.4. The number of hydrogen-bond acceptors (Lipinski definition) is 4. The zero-order valence-electron chi connectivity index (χ0n) is 22.8. The Balaban J connectivity index is 0.000000181. The maximum absolute atomic E-state index is 11.6. The summed E-state index contributed by atoms with van der Waals surface area (Å²) in [4.78, 5) is 7.38. The van der Waals surface area contributed by atoms with Crippen LogP contribution in [0, 0.1) is 20.8 Å². The van der Waals surface area contributed by atoms with Gasteiger partial charge in [0.25, 0.3) is 0 Å². The number of nitrogens with one attached hydrogen (secondary N) is 1. The van der Waals surface area contributed by atoms with Crippen LogP contribution in [-0.2, 0) is 0 Å². The summed E-state index contributed by atoms with van der Waals surface area (Å²) in [5, 5.41) is 8.42. The van der Waals surface area contributed by atoms with Gasteiger partial charge in [-0.05, 0) is 39.3 Å². The average molecular weight is 621 g/mol. The van der Waals surface area contributed by atoms with Crippen molar-refractivity contribution in [3.8, 4) is 0 Å². The zero-order chi connectivity index (χ0) is 27.7. The van der Waals surface area contributed by atoms with E-state index in [-0.39, 0.29) is 0 Å². The molecule has 5 nitrogen and oxygen atoms in total. The van der Waals surface area contributed by atoms with Crippen molar-refractivity contribution in [1.82, 2.24) is 9.97 Å². The Morgan fingerprint density at radius 2 is 1.15 bits per heavy atom. The van der Waals surface area contributed by atoms with Crippen LogP contribution in [0.15, 0.2) is 132 Å². The zero-order valence-corrected chi connectivity index (χ0v) is 25.7. The molecule has 0 unspecified atom stereocenters. The van der Waals surface area contributed by atoms with Gasteiger partial charge in [0, 0.05) is 17.0 Å². The van der Waals surface area contributed by atoms with Crippen molar-refractivity contribution in [2.75, 3.05) is 0 Å². The third kappa shape index (κ3) is 7.19. The molecular weight excluding hydrogens is 587 g/mol. The van der Waals surface area contributed by atoms with Crippen LogP contribution in [0.1, 0.15) is 29.4 Å². The quantitative estimate of drug-likeness (QED) is 0.175. The number of benzene rings is 4. The molecule has 196 valence electrons. The van der Waals surface area contributed by atoms with E-state index in [0.717, 1.165) is 33.4 Å². The van der Waals surface area contributed by atoms with E-state index < -0.39 is 18.8 Å². The Morgan fingerprint density at radius 1 is 0.692 bits per heavy atom. The minimum atomic E-state index is -3.78.